The molecule has 0 radical (unpaired) electrons. The first-order valence-electron chi connectivity index (χ1n) is 12.2. The monoisotopic (exact) mass is 518 g/mol. The van der Waals surface area contributed by atoms with E-state index >= 15 is 0 Å². The first-order chi connectivity index (χ1) is 17.8. The predicted octanol–water partition coefficient (Wildman–Crippen LogP) is 8.11. The molecule has 0 fully saturated rings. The van der Waals surface area contributed by atoms with Gasteiger partial charge in [0.1, 0.15) is 6.61 Å². The van der Waals surface area contributed by atoms with E-state index in [0.717, 1.165) is 5.57 Å². The van der Waals surface area contributed by atoms with Gasteiger partial charge in [-0.25, -0.2) is 13.2 Å². The highest BCUT2D eigenvalue weighted by Crippen LogP contribution is 2.39. The molecule has 0 saturated carbocycles. The Balaban J connectivity index is 1.43. The zero-order valence-electron chi connectivity index (χ0n) is 20.6. The van der Waals surface area contributed by atoms with Gasteiger partial charge in [0.05, 0.1) is 13.2 Å². The number of benzene rings is 3. The molecule has 0 spiro atoms. The minimum atomic E-state index is -1.12. The molecule has 1 aliphatic rings. The maximum Gasteiger partial charge on any atom is 0.201 e. The topological polar surface area (TPSA) is 27.7 Å². The van der Waals surface area contributed by atoms with Crippen LogP contribution in [-0.2, 0) is 6.61 Å². The zero-order valence-corrected chi connectivity index (χ0v) is 20.6. The van der Waals surface area contributed by atoms with E-state index in [9.17, 15) is 22.0 Å². The fraction of sp³-hybridized carbons (Fsp3) is 0.310. The van der Waals surface area contributed by atoms with E-state index in [0.29, 0.717) is 30.4 Å². The van der Waals surface area contributed by atoms with Crippen LogP contribution in [0.25, 0.3) is 5.57 Å². The number of hydrogen-bond donors (Lipinski definition) is 0. The Bertz CT molecular complexity index is 1310. The van der Waals surface area contributed by atoms with E-state index in [2.05, 4.69) is 0 Å². The molecule has 196 valence electrons. The maximum atomic E-state index is 14.7. The number of halogens is 5. The van der Waals surface area contributed by atoms with Crippen LogP contribution in [0.15, 0.2) is 48.5 Å². The molecule has 0 heterocycles. The number of ether oxygens (including phenoxy) is 3. The van der Waals surface area contributed by atoms with Crippen LogP contribution in [0.4, 0.5) is 22.0 Å². The summed E-state index contributed by atoms with van der Waals surface area (Å²) in [5, 5.41) is 0. The van der Waals surface area contributed by atoms with Gasteiger partial charge >= 0.3 is 0 Å². The molecular weight excluding hydrogens is 491 g/mol. The molecule has 3 aromatic carbocycles. The maximum absolute atomic E-state index is 14.7. The Labute approximate surface area is 212 Å². The summed E-state index contributed by atoms with van der Waals surface area (Å²) < 4.78 is 87.5. The summed E-state index contributed by atoms with van der Waals surface area (Å²) in [7, 11) is 0. The van der Waals surface area contributed by atoms with Gasteiger partial charge in [-0.2, -0.15) is 8.78 Å². The highest BCUT2D eigenvalue weighted by atomic mass is 19.2. The van der Waals surface area contributed by atoms with Crippen LogP contribution in [0.2, 0.25) is 0 Å². The van der Waals surface area contributed by atoms with Gasteiger partial charge in [-0.05, 0) is 86.1 Å². The number of rotatable bonds is 9. The third kappa shape index (κ3) is 5.73. The largest absolute Gasteiger partial charge is 0.491 e. The first kappa shape index (κ1) is 26.5. The van der Waals surface area contributed by atoms with E-state index in [4.69, 9.17) is 14.2 Å². The van der Waals surface area contributed by atoms with Crippen molar-refractivity contribution in [1.82, 2.24) is 0 Å². The zero-order chi connectivity index (χ0) is 26.5. The first-order valence-corrected chi connectivity index (χ1v) is 12.2. The van der Waals surface area contributed by atoms with Crippen molar-refractivity contribution in [3.05, 3.63) is 94.3 Å². The fourth-order valence-corrected chi connectivity index (χ4v) is 4.43. The SMILES string of the molecule is CCOc1ccc(COc2ccc(C3=CCC(c4ccc(OCC)c(F)c4F)CC3)cc2F)c(F)c1F. The quantitative estimate of drug-likeness (QED) is 0.268. The van der Waals surface area contributed by atoms with E-state index in [1.54, 1.807) is 26.0 Å². The molecule has 37 heavy (non-hydrogen) atoms. The average molecular weight is 519 g/mol. The average Bonchev–Trinajstić information content (AvgIpc) is 2.90. The lowest BCUT2D eigenvalue weighted by molar-refractivity contribution is 0.278. The van der Waals surface area contributed by atoms with E-state index in [1.807, 2.05) is 6.08 Å². The molecule has 1 unspecified atom stereocenters. The molecule has 0 N–H and O–H groups in total. The van der Waals surface area contributed by atoms with Crippen LogP contribution in [-0.4, -0.2) is 13.2 Å². The Morgan fingerprint density at radius 1 is 0.730 bits per heavy atom. The van der Waals surface area contributed by atoms with Gasteiger partial charge in [0.15, 0.2) is 34.7 Å². The Hall–Kier alpha value is -3.55. The van der Waals surface area contributed by atoms with Gasteiger partial charge in [-0.1, -0.05) is 18.2 Å². The lowest BCUT2D eigenvalue weighted by Crippen LogP contribution is -2.09. The lowest BCUT2D eigenvalue weighted by atomic mass is 9.82. The molecule has 0 aliphatic heterocycles. The lowest BCUT2D eigenvalue weighted by Gasteiger charge is -2.23. The summed E-state index contributed by atoms with van der Waals surface area (Å²) >= 11 is 0. The highest BCUT2D eigenvalue weighted by Gasteiger charge is 2.24. The molecule has 3 aromatic rings. The number of allylic oxidation sites excluding steroid dienone is 2. The van der Waals surface area contributed by atoms with Crippen LogP contribution in [0.3, 0.4) is 0 Å². The van der Waals surface area contributed by atoms with Crippen LogP contribution in [0.5, 0.6) is 17.2 Å². The van der Waals surface area contributed by atoms with Crippen LogP contribution in [0.1, 0.15) is 55.7 Å². The molecule has 0 bridgehead atoms. The van der Waals surface area contributed by atoms with E-state index in [1.165, 1.54) is 30.3 Å². The van der Waals surface area contributed by atoms with Gasteiger partial charge in [0.25, 0.3) is 0 Å². The Morgan fingerprint density at radius 2 is 1.38 bits per heavy atom. The van der Waals surface area contributed by atoms with Crippen molar-refractivity contribution in [3.63, 3.8) is 0 Å². The Morgan fingerprint density at radius 3 is 2.00 bits per heavy atom. The van der Waals surface area contributed by atoms with Crippen molar-refractivity contribution < 1.29 is 36.2 Å². The minimum Gasteiger partial charge on any atom is -0.491 e. The minimum absolute atomic E-state index is 0.0663. The summed E-state index contributed by atoms with van der Waals surface area (Å²) in [6, 6.07) is 10.1. The predicted molar refractivity (Wildman–Crippen MR) is 130 cm³/mol. The smallest absolute Gasteiger partial charge is 0.201 e. The fourth-order valence-electron chi connectivity index (χ4n) is 4.43. The van der Waals surface area contributed by atoms with Gasteiger partial charge < -0.3 is 14.2 Å². The van der Waals surface area contributed by atoms with Crippen LogP contribution < -0.4 is 14.2 Å². The number of hydrogen-bond acceptors (Lipinski definition) is 3. The summed E-state index contributed by atoms with van der Waals surface area (Å²) in [6.45, 7) is 3.43. The Kier molecular flexibility index (Phi) is 8.36. The van der Waals surface area contributed by atoms with E-state index in [-0.39, 0.29) is 48.6 Å². The van der Waals surface area contributed by atoms with Crippen molar-refractivity contribution in [3.8, 4) is 17.2 Å². The third-order valence-electron chi connectivity index (χ3n) is 6.34. The molecule has 8 heteroatoms. The summed E-state index contributed by atoms with van der Waals surface area (Å²) in [5.74, 6) is -5.36. The normalized spacial score (nSPS) is 15.3. The summed E-state index contributed by atoms with van der Waals surface area (Å²) in [4.78, 5) is 0. The van der Waals surface area contributed by atoms with Crippen molar-refractivity contribution >= 4 is 5.57 Å². The van der Waals surface area contributed by atoms with Crippen molar-refractivity contribution in [2.75, 3.05) is 13.2 Å². The standard InChI is InChI=1S/C29H27F5O3/c1-3-35-24-13-10-20(26(31)28(24)33)16-37-23-12-9-19(15-22(23)30)17-5-7-18(8-6-17)21-11-14-25(36-4-2)29(34)27(21)32/h5,9-15,18H,3-4,6-8,16H2,1-2H3. The molecule has 0 saturated heterocycles. The second-order valence-corrected chi connectivity index (χ2v) is 8.63. The van der Waals surface area contributed by atoms with Gasteiger partial charge in [-0.3, -0.25) is 0 Å². The van der Waals surface area contributed by atoms with Crippen molar-refractivity contribution in [2.45, 2.75) is 45.6 Å². The van der Waals surface area contributed by atoms with Crippen molar-refractivity contribution in [2.24, 2.45) is 0 Å². The summed E-state index contributed by atoms with van der Waals surface area (Å²) in [6.07, 6.45) is 3.49. The summed E-state index contributed by atoms with van der Waals surface area (Å²) in [5.41, 5.74) is 1.75. The molecular formula is C29H27F5O3. The van der Waals surface area contributed by atoms with E-state index < -0.39 is 29.1 Å². The molecule has 0 aromatic heterocycles. The molecule has 0 amide bonds. The van der Waals surface area contributed by atoms with Gasteiger partial charge in [-0.15, -0.1) is 0 Å². The second-order valence-electron chi connectivity index (χ2n) is 8.63. The van der Waals surface area contributed by atoms with Gasteiger partial charge in [0, 0.05) is 5.56 Å². The van der Waals surface area contributed by atoms with Crippen LogP contribution >= 0.6 is 0 Å². The van der Waals surface area contributed by atoms with Crippen LogP contribution in [0, 0.1) is 29.1 Å². The molecule has 1 aliphatic carbocycles. The molecule has 1 atom stereocenters. The van der Waals surface area contributed by atoms with Crippen molar-refractivity contribution in [1.29, 1.82) is 0 Å². The molecule has 4 rings (SSSR count). The molecule has 3 nitrogen and oxygen atoms in total. The van der Waals surface area contributed by atoms with Gasteiger partial charge in [0.2, 0.25) is 11.6 Å². The highest BCUT2D eigenvalue weighted by molar-refractivity contribution is 5.67. The second kappa shape index (κ2) is 11.7. The third-order valence-corrected chi connectivity index (χ3v) is 6.34.